The molecule has 0 aliphatic carbocycles. The molecule has 0 bridgehead atoms. The number of hydrogen-bond acceptors (Lipinski definition) is 6. The van der Waals surface area contributed by atoms with Gasteiger partial charge in [0, 0.05) is 17.2 Å². The Balaban J connectivity index is 1.74. The quantitative estimate of drug-likeness (QED) is 0.745. The molecule has 0 fully saturated rings. The number of carbonyl (C=O) groups is 1. The van der Waals surface area contributed by atoms with Crippen LogP contribution in [0.1, 0.15) is 24.1 Å². The average Bonchev–Trinajstić information content (AvgIpc) is 2.73. The molecule has 0 spiro atoms. The van der Waals surface area contributed by atoms with Gasteiger partial charge in [-0.2, -0.15) is 0 Å². The minimum atomic E-state index is -4.82. The number of hydrogen-bond donors (Lipinski definition) is 2. The van der Waals surface area contributed by atoms with Crippen LogP contribution in [0.5, 0.6) is 11.5 Å². The van der Waals surface area contributed by atoms with Crippen LogP contribution >= 0.6 is 0 Å². The lowest BCUT2D eigenvalue weighted by Gasteiger charge is -2.20. The van der Waals surface area contributed by atoms with Gasteiger partial charge in [0.05, 0.1) is 13.2 Å². The highest BCUT2D eigenvalue weighted by molar-refractivity contribution is 6.03. The normalized spacial score (nSPS) is 14.4. The van der Waals surface area contributed by atoms with E-state index in [1.54, 1.807) is 19.1 Å². The number of ether oxygens (including phenoxy) is 2. The van der Waals surface area contributed by atoms with Crippen molar-refractivity contribution >= 4 is 11.7 Å². The van der Waals surface area contributed by atoms with Crippen LogP contribution in [-0.4, -0.2) is 25.2 Å². The van der Waals surface area contributed by atoms with E-state index in [4.69, 9.17) is 9.57 Å². The standard InChI is InChI=1S/C20H18F3N3O4/c1-12(15-9-8-14(10-17(15)28-2)30-20(21,22)23)24-19(27)16-11-29-26-18(25-16)13-6-4-3-5-7-13/h3-12H,1-2H3,(H,24,27)(H,25,26). The van der Waals surface area contributed by atoms with Crippen LogP contribution in [-0.2, 0) is 9.63 Å². The predicted octanol–water partition coefficient (Wildman–Crippen LogP) is 3.59. The summed E-state index contributed by atoms with van der Waals surface area (Å²) >= 11 is 0. The second-order valence-corrected chi connectivity index (χ2v) is 6.20. The molecule has 3 rings (SSSR count). The lowest BCUT2D eigenvalue weighted by molar-refractivity contribution is -0.274. The smallest absolute Gasteiger partial charge is 0.496 e. The Bertz CT molecular complexity index is 975. The molecular weight excluding hydrogens is 403 g/mol. The maximum atomic E-state index is 12.6. The number of nitrogens with zero attached hydrogens (tertiary/aromatic N) is 1. The molecule has 158 valence electrons. The highest BCUT2D eigenvalue weighted by atomic mass is 19.4. The minimum Gasteiger partial charge on any atom is -0.496 e. The second-order valence-electron chi connectivity index (χ2n) is 6.20. The molecule has 30 heavy (non-hydrogen) atoms. The maximum Gasteiger partial charge on any atom is 0.573 e. The molecule has 0 aromatic heterocycles. The van der Waals surface area contributed by atoms with Crippen molar-refractivity contribution < 1.29 is 32.3 Å². The van der Waals surface area contributed by atoms with Gasteiger partial charge in [0.2, 0.25) is 0 Å². The van der Waals surface area contributed by atoms with E-state index >= 15 is 0 Å². The molecule has 1 aliphatic rings. The number of nitrogens with one attached hydrogen (secondary N) is 2. The van der Waals surface area contributed by atoms with Crippen molar-refractivity contribution in [2.24, 2.45) is 4.99 Å². The van der Waals surface area contributed by atoms with Gasteiger partial charge in [-0.1, -0.05) is 30.3 Å². The number of rotatable bonds is 6. The summed E-state index contributed by atoms with van der Waals surface area (Å²) in [6.07, 6.45) is -3.66. The predicted molar refractivity (Wildman–Crippen MR) is 102 cm³/mol. The molecule has 10 heteroatoms. The molecule has 2 aromatic rings. The summed E-state index contributed by atoms with van der Waals surface area (Å²) in [5.74, 6) is -0.459. The van der Waals surface area contributed by atoms with Gasteiger partial charge in [0.25, 0.3) is 5.91 Å². The van der Waals surface area contributed by atoms with E-state index in [0.29, 0.717) is 11.4 Å². The Hall–Kier alpha value is -3.69. The Labute approximate surface area is 170 Å². The van der Waals surface area contributed by atoms with Crippen LogP contribution in [0.15, 0.2) is 65.5 Å². The van der Waals surface area contributed by atoms with Crippen molar-refractivity contribution in [2.75, 3.05) is 7.11 Å². The van der Waals surface area contributed by atoms with Crippen LogP contribution in [0, 0.1) is 0 Å². The number of amidine groups is 1. The maximum absolute atomic E-state index is 12.6. The van der Waals surface area contributed by atoms with Crippen LogP contribution in [0.25, 0.3) is 0 Å². The molecule has 2 N–H and O–H groups in total. The topological polar surface area (TPSA) is 81.2 Å². The molecule has 0 radical (unpaired) electrons. The Kier molecular flexibility index (Phi) is 6.14. The Morgan fingerprint density at radius 3 is 2.60 bits per heavy atom. The van der Waals surface area contributed by atoms with E-state index in [2.05, 4.69) is 20.5 Å². The zero-order chi connectivity index (χ0) is 21.7. The van der Waals surface area contributed by atoms with E-state index in [-0.39, 0.29) is 11.4 Å². The van der Waals surface area contributed by atoms with Gasteiger partial charge in [-0.05, 0) is 19.1 Å². The molecule has 1 atom stereocenters. The van der Waals surface area contributed by atoms with E-state index in [9.17, 15) is 18.0 Å². The Morgan fingerprint density at radius 2 is 1.93 bits per heavy atom. The summed E-state index contributed by atoms with van der Waals surface area (Å²) < 4.78 is 46.3. The number of halogens is 3. The lowest BCUT2D eigenvalue weighted by Crippen LogP contribution is -2.32. The molecule has 1 amide bonds. The number of hydroxylamine groups is 1. The SMILES string of the molecule is COc1cc(OC(F)(F)F)ccc1C(C)NC(=O)C1=CONC(c2ccccc2)=N1. The third-order valence-corrected chi connectivity index (χ3v) is 4.09. The monoisotopic (exact) mass is 421 g/mol. The molecular formula is C20H18F3N3O4. The minimum absolute atomic E-state index is 0.0236. The van der Waals surface area contributed by atoms with Gasteiger partial charge in [0.1, 0.15) is 11.5 Å². The fraction of sp³-hybridized carbons (Fsp3) is 0.200. The van der Waals surface area contributed by atoms with Crippen molar-refractivity contribution in [3.8, 4) is 11.5 Å². The summed E-state index contributed by atoms with van der Waals surface area (Å²) in [5.41, 5.74) is 3.83. The lowest BCUT2D eigenvalue weighted by atomic mass is 10.1. The number of alkyl halides is 3. The summed E-state index contributed by atoms with van der Waals surface area (Å²) in [6.45, 7) is 1.66. The van der Waals surface area contributed by atoms with Crippen LogP contribution < -0.4 is 20.3 Å². The molecule has 1 unspecified atom stereocenters. The molecule has 0 saturated carbocycles. The Morgan fingerprint density at radius 1 is 1.20 bits per heavy atom. The van der Waals surface area contributed by atoms with Gasteiger partial charge in [-0.3, -0.25) is 4.79 Å². The third-order valence-electron chi connectivity index (χ3n) is 4.09. The average molecular weight is 421 g/mol. The molecule has 1 heterocycles. The summed E-state index contributed by atoms with van der Waals surface area (Å²) in [5, 5.41) is 2.72. The number of carbonyl (C=O) groups excluding carboxylic acids is 1. The first-order valence-electron chi connectivity index (χ1n) is 8.77. The first kappa shape index (κ1) is 21.0. The van der Waals surface area contributed by atoms with Crippen molar-refractivity contribution in [1.29, 1.82) is 0 Å². The summed E-state index contributed by atoms with van der Waals surface area (Å²) in [6, 6.07) is 12.1. The number of aliphatic imine (C=N–C) groups is 1. The van der Waals surface area contributed by atoms with Crippen molar-refractivity contribution in [3.63, 3.8) is 0 Å². The third kappa shape index (κ3) is 5.22. The van der Waals surface area contributed by atoms with Gasteiger partial charge in [0.15, 0.2) is 17.8 Å². The van der Waals surface area contributed by atoms with Gasteiger partial charge in [-0.25, -0.2) is 10.5 Å². The van der Waals surface area contributed by atoms with E-state index < -0.39 is 24.1 Å². The van der Waals surface area contributed by atoms with Crippen molar-refractivity contribution in [1.82, 2.24) is 10.8 Å². The molecule has 7 nitrogen and oxygen atoms in total. The molecule has 2 aromatic carbocycles. The number of methoxy groups -OCH3 is 1. The molecule has 0 saturated heterocycles. The van der Waals surface area contributed by atoms with Gasteiger partial charge in [-0.15, -0.1) is 13.2 Å². The van der Waals surface area contributed by atoms with Crippen LogP contribution in [0.3, 0.4) is 0 Å². The van der Waals surface area contributed by atoms with Gasteiger partial charge < -0.3 is 19.6 Å². The van der Waals surface area contributed by atoms with Crippen LogP contribution in [0.2, 0.25) is 0 Å². The fourth-order valence-electron chi connectivity index (χ4n) is 2.73. The first-order chi connectivity index (χ1) is 14.3. The van der Waals surface area contributed by atoms with Crippen molar-refractivity contribution in [2.45, 2.75) is 19.3 Å². The highest BCUT2D eigenvalue weighted by Gasteiger charge is 2.31. The summed E-state index contributed by atoms with van der Waals surface area (Å²) in [4.78, 5) is 22.0. The zero-order valence-corrected chi connectivity index (χ0v) is 16.0. The summed E-state index contributed by atoms with van der Waals surface area (Å²) in [7, 11) is 1.31. The van der Waals surface area contributed by atoms with E-state index in [1.807, 2.05) is 18.2 Å². The zero-order valence-electron chi connectivity index (χ0n) is 16.0. The second kappa shape index (κ2) is 8.76. The van der Waals surface area contributed by atoms with E-state index in [0.717, 1.165) is 24.0 Å². The number of amides is 1. The highest BCUT2D eigenvalue weighted by Crippen LogP contribution is 2.32. The van der Waals surface area contributed by atoms with Crippen LogP contribution in [0.4, 0.5) is 13.2 Å². The molecule has 1 aliphatic heterocycles. The largest absolute Gasteiger partial charge is 0.573 e. The fourth-order valence-corrected chi connectivity index (χ4v) is 2.73. The first-order valence-corrected chi connectivity index (χ1v) is 8.77. The number of benzene rings is 2. The van der Waals surface area contributed by atoms with E-state index in [1.165, 1.54) is 13.2 Å². The van der Waals surface area contributed by atoms with Gasteiger partial charge >= 0.3 is 6.36 Å². The van der Waals surface area contributed by atoms with Crippen molar-refractivity contribution in [3.05, 3.63) is 71.6 Å².